The highest BCUT2D eigenvalue weighted by Crippen LogP contribution is 2.36. The van der Waals surface area contributed by atoms with Crippen LogP contribution in [0, 0.1) is 5.92 Å². The van der Waals surface area contributed by atoms with Gasteiger partial charge in [0.1, 0.15) is 11.3 Å². The molecule has 4 rings (SSSR count). The zero-order chi connectivity index (χ0) is 17.6. The second kappa shape index (κ2) is 5.59. The molecule has 1 aliphatic heterocycles. The summed E-state index contributed by atoms with van der Waals surface area (Å²) in [5, 5.41) is 12.8. The van der Waals surface area contributed by atoms with Crippen LogP contribution in [0.2, 0.25) is 0 Å². The van der Waals surface area contributed by atoms with E-state index in [4.69, 9.17) is 16.2 Å². The van der Waals surface area contributed by atoms with Crippen LogP contribution in [0.25, 0.3) is 16.5 Å². The maximum atomic E-state index is 11.5. The number of fused-ring (bicyclic) bond motifs is 2. The lowest BCUT2D eigenvalue weighted by atomic mass is 9.88. The van der Waals surface area contributed by atoms with Crippen molar-refractivity contribution in [3.8, 4) is 0 Å². The summed E-state index contributed by atoms with van der Waals surface area (Å²) in [5.74, 6) is 0.163. The van der Waals surface area contributed by atoms with Gasteiger partial charge in [0.05, 0.1) is 18.8 Å². The number of hydrazone groups is 1. The average molecular weight is 336 g/mol. The van der Waals surface area contributed by atoms with Crippen LogP contribution in [0.1, 0.15) is 16.1 Å². The third-order valence-electron chi connectivity index (χ3n) is 4.42. The number of hydrogen-bond acceptors (Lipinski definition) is 7. The van der Waals surface area contributed by atoms with Crippen molar-refractivity contribution in [3.63, 3.8) is 0 Å². The summed E-state index contributed by atoms with van der Waals surface area (Å²) < 4.78 is 5.56. The number of anilines is 1. The fourth-order valence-electron chi connectivity index (χ4n) is 3.17. The Labute approximate surface area is 143 Å². The highest BCUT2D eigenvalue weighted by Gasteiger charge is 2.29. The number of nitrogens with zero attached hydrogens (tertiary/aromatic N) is 3. The quantitative estimate of drug-likeness (QED) is 0.761. The van der Waals surface area contributed by atoms with Crippen molar-refractivity contribution in [1.82, 2.24) is 15.6 Å². The molecule has 8 nitrogen and oxygen atoms in total. The van der Waals surface area contributed by atoms with Gasteiger partial charge in [0.25, 0.3) is 5.91 Å². The van der Waals surface area contributed by atoms with E-state index in [-0.39, 0.29) is 23.3 Å². The van der Waals surface area contributed by atoms with E-state index in [2.05, 4.69) is 20.7 Å². The molecule has 0 fully saturated rings. The summed E-state index contributed by atoms with van der Waals surface area (Å²) >= 11 is 0. The molecule has 2 heterocycles. The Bertz CT molecular complexity index is 979. The third kappa shape index (κ3) is 2.30. The van der Waals surface area contributed by atoms with Crippen molar-refractivity contribution in [1.29, 1.82) is 0 Å². The lowest BCUT2D eigenvalue weighted by Gasteiger charge is -2.23. The van der Waals surface area contributed by atoms with E-state index >= 15 is 0 Å². The monoisotopic (exact) mass is 336 g/mol. The van der Waals surface area contributed by atoms with E-state index in [1.807, 2.05) is 30.5 Å². The molecule has 2 aliphatic rings. The molecule has 126 valence electrons. The number of rotatable bonds is 3. The largest absolute Gasteiger partial charge is 0.496 e. The van der Waals surface area contributed by atoms with Crippen molar-refractivity contribution < 1.29 is 9.53 Å². The Morgan fingerprint density at radius 2 is 2.12 bits per heavy atom. The normalized spacial score (nSPS) is 21.3. The summed E-state index contributed by atoms with van der Waals surface area (Å²) in [7, 11) is 1.62. The van der Waals surface area contributed by atoms with Gasteiger partial charge in [-0.2, -0.15) is 5.10 Å². The van der Waals surface area contributed by atoms with Gasteiger partial charge >= 0.3 is 0 Å². The van der Waals surface area contributed by atoms with Crippen molar-refractivity contribution in [3.05, 3.63) is 47.4 Å². The lowest BCUT2D eigenvalue weighted by Crippen LogP contribution is -2.27. The molecule has 8 heteroatoms. The molecule has 1 amide bonds. The highest BCUT2D eigenvalue weighted by atomic mass is 16.5. The highest BCUT2D eigenvalue weighted by molar-refractivity contribution is 6.06. The van der Waals surface area contributed by atoms with Crippen LogP contribution in [0.3, 0.4) is 0 Å². The Morgan fingerprint density at radius 1 is 1.28 bits per heavy atom. The van der Waals surface area contributed by atoms with E-state index < -0.39 is 5.91 Å². The second-order valence-electron chi connectivity index (χ2n) is 5.85. The van der Waals surface area contributed by atoms with E-state index in [1.54, 1.807) is 13.2 Å². The van der Waals surface area contributed by atoms with Crippen LogP contribution in [0.15, 0.2) is 41.2 Å². The molecule has 5 N–H and O–H groups in total. The van der Waals surface area contributed by atoms with Gasteiger partial charge in [-0.15, -0.1) is 10.2 Å². The molecule has 25 heavy (non-hydrogen) atoms. The van der Waals surface area contributed by atoms with E-state index in [0.29, 0.717) is 10.9 Å². The molecule has 2 aromatic rings. The molecule has 0 bridgehead atoms. The number of allylic oxidation sites excluding steroid dienone is 1. The second-order valence-corrected chi connectivity index (χ2v) is 5.85. The fraction of sp³-hybridized carbons (Fsp3) is 0.176. The average Bonchev–Trinajstić information content (AvgIpc) is 3.07. The number of methoxy groups -OCH3 is 1. The van der Waals surface area contributed by atoms with Crippen LogP contribution < -0.4 is 16.9 Å². The lowest BCUT2D eigenvalue weighted by molar-refractivity contribution is 0.0996. The number of hydrogen-bond donors (Lipinski definition) is 3. The summed E-state index contributed by atoms with van der Waals surface area (Å²) in [6, 6.07) is 5.60. The maximum absolute atomic E-state index is 11.5. The van der Waals surface area contributed by atoms with Crippen molar-refractivity contribution >= 4 is 34.3 Å². The summed E-state index contributed by atoms with van der Waals surface area (Å²) in [6.45, 7) is 0. The number of nitrogens with two attached hydrogens (primary N) is 2. The number of carbonyl (C=O) groups is 1. The van der Waals surface area contributed by atoms with Crippen LogP contribution in [0.5, 0.6) is 0 Å². The molecule has 2 atom stereocenters. The zero-order valence-electron chi connectivity index (χ0n) is 13.4. The first-order valence-electron chi connectivity index (χ1n) is 7.72. The first-order valence-corrected chi connectivity index (χ1v) is 7.72. The van der Waals surface area contributed by atoms with Crippen LogP contribution in [-0.2, 0) is 4.74 Å². The number of nitrogen functional groups attached to an aromatic ring is 1. The number of amides is 1. The molecule has 0 saturated carbocycles. The summed E-state index contributed by atoms with van der Waals surface area (Å²) in [4.78, 5) is 11.5. The van der Waals surface area contributed by atoms with Gasteiger partial charge < -0.3 is 21.6 Å². The van der Waals surface area contributed by atoms with Gasteiger partial charge in [0.2, 0.25) is 0 Å². The van der Waals surface area contributed by atoms with Crippen molar-refractivity contribution in [2.45, 2.75) is 6.04 Å². The number of carbonyl (C=O) groups excluding carboxylic acids is 1. The van der Waals surface area contributed by atoms with Crippen LogP contribution in [-0.4, -0.2) is 35.5 Å². The Kier molecular flexibility index (Phi) is 3.38. The minimum absolute atomic E-state index is 0.0318. The fourth-order valence-corrected chi connectivity index (χ4v) is 3.17. The minimum atomic E-state index is -0.707. The molecule has 1 aliphatic carbocycles. The van der Waals surface area contributed by atoms with Crippen molar-refractivity contribution in [2.75, 3.05) is 12.8 Å². The number of ether oxygens (including phenoxy) is 1. The van der Waals surface area contributed by atoms with E-state index in [1.165, 1.54) is 0 Å². The topological polar surface area (TPSA) is 129 Å². The molecule has 0 saturated heterocycles. The molecule has 1 aromatic carbocycles. The molecule has 0 radical (unpaired) electrons. The zero-order valence-corrected chi connectivity index (χ0v) is 13.4. The predicted molar refractivity (Wildman–Crippen MR) is 94.4 cm³/mol. The molecule has 1 aromatic heterocycles. The van der Waals surface area contributed by atoms with E-state index in [9.17, 15) is 4.79 Å². The minimum Gasteiger partial charge on any atom is -0.496 e. The SMILES string of the molecule is COC1=CC2C=NNC2C=C1c1cccc2c(N)c(C(N)=O)nnc12. The third-order valence-corrected chi connectivity index (χ3v) is 4.42. The Balaban J connectivity index is 1.91. The Morgan fingerprint density at radius 3 is 2.88 bits per heavy atom. The van der Waals surface area contributed by atoms with Gasteiger partial charge in [0.15, 0.2) is 5.69 Å². The van der Waals surface area contributed by atoms with Gasteiger partial charge in [-0.25, -0.2) is 0 Å². The predicted octanol–water partition coefficient (Wildman–Crippen LogP) is 0.812. The summed E-state index contributed by atoms with van der Waals surface area (Å²) in [6.07, 6.45) is 5.90. The van der Waals surface area contributed by atoms with E-state index in [0.717, 1.165) is 16.9 Å². The standard InChI is InChI=1S/C17H16N6O2/c1-25-13-5-8-7-20-21-12(8)6-11(13)9-3-2-4-10-14(18)16(17(19)24)23-22-15(9)10/h2-8,12,21H,1H3,(H2,18,22)(H2,19,24). The summed E-state index contributed by atoms with van der Waals surface area (Å²) in [5.41, 5.74) is 16.9. The molecule has 2 unspecified atom stereocenters. The van der Waals surface area contributed by atoms with Crippen LogP contribution in [0.4, 0.5) is 5.69 Å². The maximum Gasteiger partial charge on any atom is 0.271 e. The van der Waals surface area contributed by atoms with Gasteiger partial charge in [-0.1, -0.05) is 18.2 Å². The molecule has 0 spiro atoms. The number of nitrogens with one attached hydrogen (secondary N) is 1. The number of benzene rings is 1. The first-order chi connectivity index (χ1) is 12.1. The van der Waals surface area contributed by atoms with Gasteiger partial charge in [-0.3, -0.25) is 4.79 Å². The number of aromatic nitrogens is 2. The van der Waals surface area contributed by atoms with Gasteiger partial charge in [-0.05, 0) is 12.2 Å². The smallest absolute Gasteiger partial charge is 0.271 e. The first kappa shape index (κ1) is 15.1. The molecular weight excluding hydrogens is 320 g/mol. The molecular formula is C17H16N6O2. The Hall–Kier alpha value is -3.42. The van der Waals surface area contributed by atoms with Crippen LogP contribution >= 0.6 is 0 Å². The van der Waals surface area contributed by atoms with Gasteiger partial charge in [0, 0.05) is 28.7 Å². The number of primary amides is 1. The van der Waals surface area contributed by atoms with Crippen molar-refractivity contribution in [2.24, 2.45) is 16.8 Å².